The first-order valence-electron chi connectivity index (χ1n) is 6.05. The summed E-state index contributed by atoms with van der Waals surface area (Å²) in [5.41, 5.74) is -0.384. The van der Waals surface area contributed by atoms with E-state index in [2.05, 4.69) is 5.32 Å². The van der Waals surface area contributed by atoms with E-state index >= 15 is 0 Å². The van der Waals surface area contributed by atoms with Crippen molar-refractivity contribution in [3.63, 3.8) is 0 Å². The highest BCUT2D eigenvalue weighted by Gasteiger charge is 2.30. The molecule has 0 aromatic heterocycles. The van der Waals surface area contributed by atoms with Crippen molar-refractivity contribution >= 4 is 6.03 Å². The van der Waals surface area contributed by atoms with Crippen molar-refractivity contribution in [1.82, 2.24) is 10.2 Å². The number of rotatable bonds is 4. The Morgan fingerprint density at radius 3 is 2.65 bits per heavy atom. The number of amides is 2. The standard InChI is InChI=1S/C13H17F3N2O2/c1-9(17-12(20)18(2)6-7-19)10-4-3-5-11(8-10)13(14,15)16/h3-5,8-9,19H,6-7H2,1-2H3,(H,17,20). The number of carbonyl (C=O) groups excluding carboxylic acids is 1. The summed E-state index contributed by atoms with van der Waals surface area (Å²) in [6, 6.07) is 3.80. The monoisotopic (exact) mass is 290 g/mol. The first kappa shape index (κ1) is 16.3. The second-order valence-electron chi connectivity index (χ2n) is 4.44. The first-order chi connectivity index (χ1) is 9.25. The van der Waals surface area contributed by atoms with E-state index in [-0.39, 0.29) is 13.2 Å². The number of nitrogens with zero attached hydrogens (tertiary/aromatic N) is 1. The van der Waals surface area contributed by atoms with Crippen molar-refractivity contribution in [1.29, 1.82) is 0 Å². The SMILES string of the molecule is CC(NC(=O)N(C)CCO)c1cccc(C(F)(F)F)c1. The van der Waals surface area contributed by atoms with Crippen molar-refractivity contribution in [3.8, 4) is 0 Å². The lowest BCUT2D eigenvalue weighted by Gasteiger charge is -2.21. The second kappa shape index (κ2) is 6.60. The maximum absolute atomic E-state index is 12.6. The van der Waals surface area contributed by atoms with Gasteiger partial charge in [-0.15, -0.1) is 0 Å². The molecule has 1 aromatic carbocycles. The smallest absolute Gasteiger partial charge is 0.395 e. The molecule has 112 valence electrons. The Bertz CT molecular complexity index is 463. The number of hydrogen-bond acceptors (Lipinski definition) is 2. The molecule has 0 aliphatic carbocycles. The van der Waals surface area contributed by atoms with Crippen LogP contribution in [0.5, 0.6) is 0 Å². The van der Waals surface area contributed by atoms with Crippen LogP contribution in [0.2, 0.25) is 0 Å². The van der Waals surface area contributed by atoms with Gasteiger partial charge in [0.05, 0.1) is 18.2 Å². The Morgan fingerprint density at radius 1 is 1.45 bits per heavy atom. The molecule has 0 heterocycles. The van der Waals surface area contributed by atoms with Gasteiger partial charge in [0.25, 0.3) is 0 Å². The molecule has 2 amide bonds. The normalized spacial score (nSPS) is 12.9. The number of aliphatic hydroxyl groups is 1. The minimum atomic E-state index is -4.41. The van der Waals surface area contributed by atoms with Gasteiger partial charge in [-0.05, 0) is 24.6 Å². The van der Waals surface area contributed by atoms with E-state index in [9.17, 15) is 18.0 Å². The van der Waals surface area contributed by atoms with Crippen LogP contribution < -0.4 is 5.32 Å². The van der Waals surface area contributed by atoms with Crippen LogP contribution in [-0.2, 0) is 6.18 Å². The fraction of sp³-hybridized carbons (Fsp3) is 0.462. The number of hydrogen-bond donors (Lipinski definition) is 2. The number of carbonyl (C=O) groups is 1. The van der Waals surface area contributed by atoms with Crippen molar-refractivity contribution in [2.24, 2.45) is 0 Å². The minimum Gasteiger partial charge on any atom is -0.395 e. The first-order valence-corrected chi connectivity index (χ1v) is 6.05. The van der Waals surface area contributed by atoms with Crippen LogP contribution in [-0.4, -0.2) is 36.2 Å². The predicted octanol–water partition coefficient (Wildman–Crippen LogP) is 2.40. The summed E-state index contributed by atoms with van der Waals surface area (Å²) >= 11 is 0. The van der Waals surface area contributed by atoms with Gasteiger partial charge in [-0.3, -0.25) is 0 Å². The van der Waals surface area contributed by atoms with Crippen molar-refractivity contribution < 1.29 is 23.1 Å². The largest absolute Gasteiger partial charge is 0.416 e. The van der Waals surface area contributed by atoms with E-state index in [0.29, 0.717) is 5.56 Å². The molecular formula is C13H17F3N2O2. The molecule has 0 aliphatic rings. The van der Waals surface area contributed by atoms with Gasteiger partial charge in [-0.25, -0.2) is 4.79 Å². The molecule has 0 radical (unpaired) electrons. The number of nitrogens with one attached hydrogen (secondary N) is 1. The lowest BCUT2D eigenvalue weighted by Crippen LogP contribution is -2.39. The molecule has 0 bridgehead atoms. The Labute approximate surface area is 115 Å². The van der Waals surface area contributed by atoms with Gasteiger partial charge in [0.1, 0.15) is 0 Å². The Hall–Kier alpha value is -1.76. The molecule has 2 N–H and O–H groups in total. The van der Waals surface area contributed by atoms with E-state index in [1.165, 1.54) is 24.1 Å². The lowest BCUT2D eigenvalue weighted by atomic mass is 10.1. The molecule has 1 aromatic rings. The number of halogens is 3. The van der Waals surface area contributed by atoms with Crippen LogP contribution in [0.4, 0.5) is 18.0 Å². The zero-order chi connectivity index (χ0) is 15.3. The molecular weight excluding hydrogens is 273 g/mol. The average molecular weight is 290 g/mol. The number of aliphatic hydroxyl groups excluding tert-OH is 1. The summed E-state index contributed by atoms with van der Waals surface area (Å²) < 4.78 is 37.8. The van der Waals surface area contributed by atoms with Gasteiger partial charge in [0.2, 0.25) is 0 Å². The highest BCUT2D eigenvalue weighted by atomic mass is 19.4. The predicted molar refractivity (Wildman–Crippen MR) is 68.1 cm³/mol. The molecule has 0 fully saturated rings. The third-order valence-electron chi connectivity index (χ3n) is 2.84. The van der Waals surface area contributed by atoms with Gasteiger partial charge in [-0.2, -0.15) is 13.2 Å². The number of benzene rings is 1. The van der Waals surface area contributed by atoms with E-state index < -0.39 is 23.8 Å². The van der Waals surface area contributed by atoms with E-state index in [0.717, 1.165) is 12.1 Å². The zero-order valence-electron chi connectivity index (χ0n) is 11.2. The van der Waals surface area contributed by atoms with Crippen LogP contribution >= 0.6 is 0 Å². The fourth-order valence-corrected chi connectivity index (χ4v) is 1.61. The quantitative estimate of drug-likeness (QED) is 0.894. The molecule has 4 nitrogen and oxygen atoms in total. The summed E-state index contributed by atoms with van der Waals surface area (Å²) in [7, 11) is 1.49. The maximum Gasteiger partial charge on any atom is 0.416 e. The van der Waals surface area contributed by atoms with E-state index in [1.54, 1.807) is 6.92 Å². The van der Waals surface area contributed by atoms with Crippen molar-refractivity contribution in [2.75, 3.05) is 20.2 Å². The molecule has 1 atom stereocenters. The Kier molecular flexibility index (Phi) is 5.38. The molecule has 0 spiro atoms. The third-order valence-corrected chi connectivity index (χ3v) is 2.84. The third kappa shape index (κ3) is 4.41. The van der Waals surface area contributed by atoms with Crippen LogP contribution in [0.25, 0.3) is 0 Å². The number of alkyl halides is 3. The van der Waals surface area contributed by atoms with E-state index in [1.807, 2.05) is 0 Å². The Morgan fingerprint density at radius 2 is 2.10 bits per heavy atom. The molecule has 0 saturated heterocycles. The number of urea groups is 1. The maximum atomic E-state index is 12.6. The molecule has 1 unspecified atom stereocenters. The molecule has 0 aliphatic heterocycles. The summed E-state index contributed by atoms with van der Waals surface area (Å²) in [4.78, 5) is 12.9. The van der Waals surface area contributed by atoms with Crippen LogP contribution in [0, 0.1) is 0 Å². The topological polar surface area (TPSA) is 52.6 Å². The van der Waals surface area contributed by atoms with E-state index in [4.69, 9.17) is 5.11 Å². The van der Waals surface area contributed by atoms with Gasteiger partial charge in [0.15, 0.2) is 0 Å². The summed E-state index contributed by atoms with van der Waals surface area (Å²) in [6.07, 6.45) is -4.41. The zero-order valence-corrected chi connectivity index (χ0v) is 11.2. The highest BCUT2D eigenvalue weighted by molar-refractivity contribution is 5.74. The van der Waals surface area contributed by atoms with Crippen LogP contribution in [0.3, 0.4) is 0 Å². The van der Waals surface area contributed by atoms with Gasteiger partial charge < -0.3 is 15.3 Å². The van der Waals surface area contributed by atoms with Crippen LogP contribution in [0.15, 0.2) is 24.3 Å². The van der Waals surface area contributed by atoms with Gasteiger partial charge >= 0.3 is 12.2 Å². The summed E-state index contributed by atoms with van der Waals surface area (Å²) in [6.45, 7) is 1.57. The fourth-order valence-electron chi connectivity index (χ4n) is 1.61. The summed E-state index contributed by atoms with van der Waals surface area (Å²) in [5.74, 6) is 0. The second-order valence-corrected chi connectivity index (χ2v) is 4.44. The molecule has 20 heavy (non-hydrogen) atoms. The Balaban J connectivity index is 2.78. The highest BCUT2D eigenvalue weighted by Crippen LogP contribution is 2.30. The molecule has 0 saturated carbocycles. The number of likely N-dealkylation sites (N-methyl/N-ethyl adjacent to an activating group) is 1. The van der Waals surface area contributed by atoms with Crippen molar-refractivity contribution in [3.05, 3.63) is 35.4 Å². The molecule has 7 heteroatoms. The van der Waals surface area contributed by atoms with Crippen LogP contribution in [0.1, 0.15) is 24.1 Å². The molecule has 1 rings (SSSR count). The van der Waals surface area contributed by atoms with Gasteiger partial charge in [-0.1, -0.05) is 12.1 Å². The van der Waals surface area contributed by atoms with Crippen molar-refractivity contribution in [2.45, 2.75) is 19.1 Å². The minimum absolute atomic E-state index is 0.154. The lowest BCUT2D eigenvalue weighted by molar-refractivity contribution is -0.137. The average Bonchev–Trinajstić information content (AvgIpc) is 2.38. The van der Waals surface area contributed by atoms with Gasteiger partial charge in [0, 0.05) is 13.6 Å². The summed E-state index contributed by atoms with van der Waals surface area (Å²) in [5, 5.41) is 11.3.